The molecule has 23 heavy (non-hydrogen) atoms. The van der Waals surface area contributed by atoms with Crippen molar-refractivity contribution in [1.82, 2.24) is 5.32 Å². The number of halogens is 1. The highest BCUT2D eigenvalue weighted by molar-refractivity contribution is 9.10. The van der Waals surface area contributed by atoms with Crippen LogP contribution in [-0.2, 0) is 11.2 Å². The summed E-state index contributed by atoms with van der Waals surface area (Å²) in [4.78, 5) is 23.6. The molecule has 0 spiro atoms. The monoisotopic (exact) mass is 373 g/mol. The van der Waals surface area contributed by atoms with Gasteiger partial charge in [-0.3, -0.25) is 9.59 Å². The Hall–Kier alpha value is -2.40. The van der Waals surface area contributed by atoms with E-state index < -0.39 is 0 Å². The summed E-state index contributed by atoms with van der Waals surface area (Å²) >= 11 is 3.30. The minimum Gasteiger partial charge on any atom is -0.508 e. The van der Waals surface area contributed by atoms with Gasteiger partial charge in [0.15, 0.2) is 5.78 Å². The van der Waals surface area contributed by atoms with Gasteiger partial charge in [-0.25, -0.2) is 0 Å². The number of carbonyl (C=O) groups is 2. The minimum atomic E-state index is -0.311. The van der Waals surface area contributed by atoms with Gasteiger partial charge >= 0.3 is 0 Å². The second-order valence-electron chi connectivity index (χ2n) is 4.91. The molecule has 0 saturated carbocycles. The van der Waals surface area contributed by atoms with E-state index >= 15 is 0 Å². The summed E-state index contributed by atoms with van der Waals surface area (Å²) in [6.07, 6.45) is 3.15. The third-order valence-electron chi connectivity index (χ3n) is 3.16. The number of carbonyl (C=O) groups excluding carboxylic acids is 2. The van der Waals surface area contributed by atoms with Crippen molar-refractivity contribution in [3.05, 3.63) is 76.3 Å². The number of allylic oxidation sites excluding steroid dienone is 1. The van der Waals surface area contributed by atoms with Crippen LogP contribution in [-0.4, -0.2) is 23.3 Å². The second kappa shape index (κ2) is 8.29. The number of rotatable bonds is 6. The molecule has 0 aliphatic heterocycles. The average molecular weight is 374 g/mol. The molecular weight excluding hydrogens is 358 g/mol. The summed E-state index contributed by atoms with van der Waals surface area (Å²) < 4.78 is 0.894. The quantitative estimate of drug-likeness (QED) is 0.603. The lowest BCUT2D eigenvalue weighted by Gasteiger charge is -2.03. The highest BCUT2D eigenvalue weighted by atomic mass is 79.9. The van der Waals surface area contributed by atoms with Crippen LogP contribution < -0.4 is 5.32 Å². The predicted molar refractivity (Wildman–Crippen MR) is 92.4 cm³/mol. The first-order chi connectivity index (χ1) is 11.0. The van der Waals surface area contributed by atoms with Crippen molar-refractivity contribution in [2.45, 2.75) is 6.42 Å². The molecule has 2 N–H and O–H groups in total. The molecule has 0 heterocycles. The molecule has 0 aliphatic rings. The fourth-order valence-corrected chi connectivity index (χ4v) is 2.18. The van der Waals surface area contributed by atoms with E-state index in [4.69, 9.17) is 0 Å². The number of aromatic hydroxyl groups is 1. The Bertz CT molecular complexity index is 706. The van der Waals surface area contributed by atoms with Crippen LogP contribution in [0.2, 0.25) is 0 Å². The smallest absolute Gasteiger partial charge is 0.244 e. The summed E-state index contributed by atoms with van der Waals surface area (Å²) in [5.41, 5.74) is 1.54. The van der Waals surface area contributed by atoms with Crippen molar-refractivity contribution in [1.29, 1.82) is 0 Å². The molecule has 0 bridgehead atoms. The van der Waals surface area contributed by atoms with Crippen LogP contribution >= 0.6 is 15.9 Å². The van der Waals surface area contributed by atoms with Crippen LogP contribution in [0.1, 0.15) is 15.9 Å². The van der Waals surface area contributed by atoms with Gasteiger partial charge in [0.25, 0.3) is 0 Å². The zero-order valence-electron chi connectivity index (χ0n) is 12.3. The van der Waals surface area contributed by atoms with Crippen LogP contribution in [0, 0.1) is 0 Å². The maximum atomic E-state index is 11.9. The molecule has 1 amide bonds. The summed E-state index contributed by atoms with van der Waals surface area (Å²) in [6, 6.07) is 13.8. The van der Waals surface area contributed by atoms with Gasteiger partial charge in [0, 0.05) is 22.7 Å². The fraction of sp³-hybridized carbons (Fsp3) is 0.111. The molecule has 0 aromatic heterocycles. The molecule has 0 fully saturated rings. The summed E-state index contributed by atoms with van der Waals surface area (Å²) in [5, 5.41) is 11.9. The number of amides is 1. The van der Waals surface area contributed by atoms with Crippen molar-refractivity contribution < 1.29 is 14.7 Å². The molecule has 4 nitrogen and oxygen atoms in total. The molecule has 2 aromatic rings. The normalized spacial score (nSPS) is 10.7. The number of phenolic OH excluding ortho intramolecular Hbond substituents is 1. The van der Waals surface area contributed by atoms with Gasteiger partial charge in [-0.15, -0.1) is 0 Å². The lowest BCUT2D eigenvalue weighted by atomic mass is 10.1. The van der Waals surface area contributed by atoms with Crippen molar-refractivity contribution in [2.75, 3.05) is 6.54 Å². The van der Waals surface area contributed by atoms with E-state index in [1.807, 2.05) is 0 Å². The van der Waals surface area contributed by atoms with E-state index in [2.05, 4.69) is 21.2 Å². The highest BCUT2D eigenvalue weighted by Crippen LogP contribution is 2.11. The van der Waals surface area contributed by atoms with Crippen LogP contribution in [0.3, 0.4) is 0 Å². The van der Waals surface area contributed by atoms with Gasteiger partial charge in [0.05, 0.1) is 0 Å². The number of hydrogen-bond acceptors (Lipinski definition) is 3. The van der Waals surface area contributed by atoms with Gasteiger partial charge in [0.2, 0.25) is 5.91 Å². The maximum Gasteiger partial charge on any atom is 0.244 e. The molecule has 0 saturated heterocycles. The van der Waals surface area contributed by atoms with Crippen LogP contribution in [0.5, 0.6) is 5.75 Å². The van der Waals surface area contributed by atoms with Gasteiger partial charge in [0.1, 0.15) is 5.75 Å². The zero-order chi connectivity index (χ0) is 16.7. The maximum absolute atomic E-state index is 11.9. The highest BCUT2D eigenvalue weighted by Gasteiger charge is 2.02. The van der Waals surface area contributed by atoms with Gasteiger partial charge in [-0.05, 0) is 54.5 Å². The minimum absolute atomic E-state index is 0.215. The van der Waals surface area contributed by atoms with E-state index in [9.17, 15) is 14.7 Å². The van der Waals surface area contributed by atoms with Crippen LogP contribution in [0.25, 0.3) is 0 Å². The van der Waals surface area contributed by atoms with Crippen molar-refractivity contribution in [3.63, 3.8) is 0 Å². The van der Waals surface area contributed by atoms with Crippen molar-refractivity contribution in [3.8, 4) is 5.75 Å². The molecule has 0 atom stereocenters. The van der Waals surface area contributed by atoms with E-state index in [1.54, 1.807) is 48.5 Å². The van der Waals surface area contributed by atoms with E-state index in [0.717, 1.165) is 10.0 Å². The average Bonchev–Trinajstić information content (AvgIpc) is 2.55. The first kappa shape index (κ1) is 17.0. The topological polar surface area (TPSA) is 66.4 Å². The molecule has 2 rings (SSSR count). The van der Waals surface area contributed by atoms with E-state index in [1.165, 1.54) is 12.2 Å². The van der Waals surface area contributed by atoms with Gasteiger partial charge < -0.3 is 10.4 Å². The Labute approximate surface area is 143 Å². The summed E-state index contributed by atoms with van der Waals surface area (Å²) in [5.74, 6) is -0.312. The largest absolute Gasteiger partial charge is 0.508 e. The fourth-order valence-electron chi connectivity index (χ4n) is 1.91. The third-order valence-corrected chi connectivity index (χ3v) is 3.69. The Morgan fingerprint density at radius 2 is 1.65 bits per heavy atom. The predicted octanol–water partition coefficient (Wildman–Crippen LogP) is 3.25. The summed E-state index contributed by atoms with van der Waals surface area (Å²) in [6.45, 7) is 0.459. The SMILES string of the molecule is O=C(/C=C/C(=O)c1ccc(Br)cc1)NCCc1ccc(O)cc1. The van der Waals surface area contributed by atoms with Crippen molar-refractivity contribution >= 4 is 27.6 Å². The zero-order valence-corrected chi connectivity index (χ0v) is 13.9. The molecule has 0 unspecified atom stereocenters. The van der Waals surface area contributed by atoms with Gasteiger partial charge in [-0.1, -0.05) is 28.1 Å². The van der Waals surface area contributed by atoms with Crippen LogP contribution in [0.4, 0.5) is 0 Å². The van der Waals surface area contributed by atoms with E-state index in [-0.39, 0.29) is 17.4 Å². The van der Waals surface area contributed by atoms with Gasteiger partial charge in [-0.2, -0.15) is 0 Å². The number of nitrogens with one attached hydrogen (secondary N) is 1. The molecule has 2 aromatic carbocycles. The molecule has 0 aliphatic carbocycles. The molecular formula is C18H16BrNO3. The van der Waals surface area contributed by atoms with Crippen LogP contribution in [0.15, 0.2) is 65.2 Å². The lowest BCUT2D eigenvalue weighted by molar-refractivity contribution is -0.116. The molecule has 118 valence electrons. The second-order valence-corrected chi connectivity index (χ2v) is 5.83. The third kappa shape index (κ3) is 5.71. The first-order valence-electron chi connectivity index (χ1n) is 7.08. The lowest BCUT2D eigenvalue weighted by Crippen LogP contribution is -2.23. The Morgan fingerprint density at radius 3 is 2.30 bits per heavy atom. The first-order valence-corrected chi connectivity index (χ1v) is 7.87. The number of hydrogen-bond donors (Lipinski definition) is 2. The Kier molecular flexibility index (Phi) is 6.11. The summed E-state index contributed by atoms with van der Waals surface area (Å²) in [7, 11) is 0. The number of phenols is 1. The van der Waals surface area contributed by atoms with Crippen molar-refractivity contribution in [2.24, 2.45) is 0 Å². The molecule has 5 heteroatoms. The Balaban J connectivity index is 1.78. The standard InChI is InChI=1S/C18H16BrNO3/c19-15-5-3-14(4-6-15)17(22)9-10-18(23)20-12-11-13-1-7-16(21)8-2-13/h1-10,21H,11-12H2,(H,20,23)/b10-9+. The van der Waals surface area contributed by atoms with E-state index in [0.29, 0.717) is 18.5 Å². The number of benzene rings is 2. The molecule has 0 radical (unpaired) electrons. The number of ketones is 1. The Morgan fingerprint density at radius 1 is 1.00 bits per heavy atom.